The van der Waals surface area contributed by atoms with Gasteiger partial charge in [0.15, 0.2) is 6.10 Å². The number of fused-ring (bicyclic) bond motifs is 1. The molecule has 104 valence electrons. The number of carbonyl (C=O) groups excluding carboxylic acids is 1. The van der Waals surface area contributed by atoms with Crippen LogP contribution in [0.15, 0.2) is 29.4 Å². The molecule has 1 saturated heterocycles. The summed E-state index contributed by atoms with van der Waals surface area (Å²) in [6.45, 7) is 1.83. The molecule has 0 spiro atoms. The predicted molar refractivity (Wildman–Crippen MR) is 73.0 cm³/mol. The Bertz CT molecular complexity index is 708. The molecular formula is C14H14FN3O2. The van der Waals surface area contributed by atoms with Crippen molar-refractivity contribution in [2.75, 3.05) is 7.05 Å². The van der Waals surface area contributed by atoms with Crippen LogP contribution < -0.4 is 5.32 Å². The minimum Gasteiger partial charge on any atom is -0.451 e. The van der Waals surface area contributed by atoms with Crippen LogP contribution in [0.4, 0.5) is 4.39 Å². The number of hydrogen-bond donors (Lipinski definition) is 2. The zero-order valence-corrected chi connectivity index (χ0v) is 11.1. The Kier molecular flexibility index (Phi) is 2.93. The van der Waals surface area contributed by atoms with Crippen LogP contribution in [-0.4, -0.2) is 30.1 Å². The first-order valence-electron chi connectivity index (χ1n) is 6.31. The van der Waals surface area contributed by atoms with Gasteiger partial charge in [-0.05, 0) is 17.7 Å². The largest absolute Gasteiger partial charge is 0.451 e. The molecule has 0 bridgehead atoms. The molecule has 5 nitrogen and oxygen atoms in total. The van der Waals surface area contributed by atoms with Crippen LogP contribution in [0.25, 0.3) is 10.9 Å². The van der Waals surface area contributed by atoms with E-state index in [1.54, 1.807) is 18.3 Å². The highest BCUT2D eigenvalue weighted by Crippen LogP contribution is 2.31. The molecule has 20 heavy (non-hydrogen) atoms. The van der Waals surface area contributed by atoms with E-state index >= 15 is 0 Å². The summed E-state index contributed by atoms with van der Waals surface area (Å²) in [5, 5.41) is 3.04. The summed E-state index contributed by atoms with van der Waals surface area (Å²) in [6, 6.07) is 5.04. The van der Waals surface area contributed by atoms with Crippen LogP contribution in [0.3, 0.4) is 0 Å². The van der Waals surface area contributed by atoms with Gasteiger partial charge in [0.2, 0.25) is 0 Å². The van der Waals surface area contributed by atoms with Gasteiger partial charge in [0.05, 0.1) is 0 Å². The van der Waals surface area contributed by atoms with Crippen molar-refractivity contribution < 1.29 is 13.9 Å². The quantitative estimate of drug-likeness (QED) is 0.879. The molecule has 6 heteroatoms. The Balaban J connectivity index is 2.01. The molecule has 2 aromatic rings. The summed E-state index contributed by atoms with van der Waals surface area (Å²) in [5.74, 6) is -0.864. The average molecular weight is 275 g/mol. The SMILES string of the molecule is CN=C1NC(=O)C(C(C)c2c[nH]c3cccc(F)c23)O1. The second kappa shape index (κ2) is 4.63. The number of amides is 1. The molecule has 1 amide bonds. The van der Waals surface area contributed by atoms with Crippen molar-refractivity contribution >= 4 is 22.8 Å². The number of nitrogens with zero attached hydrogens (tertiary/aromatic N) is 1. The number of ether oxygens (including phenoxy) is 1. The first-order chi connectivity index (χ1) is 9.61. The molecule has 1 aliphatic heterocycles. The standard InChI is InChI=1S/C14H14FN3O2/c1-7(12-13(19)18-14(16-2)20-12)8-6-17-10-5-3-4-9(15)11(8)10/h3-7,12,17H,1-2H3,(H,16,18,19). The molecule has 1 fully saturated rings. The number of H-pyrrole nitrogens is 1. The number of hydrogen-bond acceptors (Lipinski definition) is 3. The number of carbonyl (C=O) groups is 1. The lowest BCUT2D eigenvalue weighted by molar-refractivity contribution is -0.124. The van der Waals surface area contributed by atoms with Gasteiger partial charge < -0.3 is 9.72 Å². The summed E-state index contributed by atoms with van der Waals surface area (Å²) in [6.07, 6.45) is 1.02. The van der Waals surface area contributed by atoms with Crippen LogP contribution in [-0.2, 0) is 9.53 Å². The molecule has 2 atom stereocenters. The number of halogens is 1. The molecule has 0 aliphatic carbocycles. The average Bonchev–Trinajstić information content (AvgIpc) is 3.02. The van der Waals surface area contributed by atoms with E-state index in [-0.39, 0.29) is 23.7 Å². The summed E-state index contributed by atoms with van der Waals surface area (Å²) in [7, 11) is 1.54. The number of aromatic nitrogens is 1. The third kappa shape index (κ3) is 1.84. The lowest BCUT2D eigenvalue weighted by Crippen LogP contribution is -2.28. The molecule has 1 aliphatic rings. The fourth-order valence-corrected chi connectivity index (χ4v) is 2.51. The summed E-state index contributed by atoms with van der Waals surface area (Å²) < 4.78 is 19.4. The molecule has 2 heterocycles. The van der Waals surface area contributed by atoms with Crippen molar-refractivity contribution in [2.45, 2.75) is 18.9 Å². The predicted octanol–water partition coefficient (Wildman–Crippen LogP) is 1.91. The van der Waals surface area contributed by atoms with Gasteiger partial charge in [0.25, 0.3) is 11.9 Å². The van der Waals surface area contributed by atoms with Crippen LogP contribution in [0.5, 0.6) is 0 Å². The first-order valence-corrected chi connectivity index (χ1v) is 6.31. The van der Waals surface area contributed by atoms with Crippen LogP contribution >= 0.6 is 0 Å². The van der Waals surface area contributed by atoms with E-state index in [0.29, 0.717) is 10.9 Å². The number of rotatable bonds is 2. The zero-order valence-electron chi connectivity index (χ0n) is 11.1. The van der Waals surface area contributed by atoms with Gasteiger partial charge in [-0.3, -0.25) is 10.1 Å². The van der Waals surface area contributed by atoms with Crippen LogP contribution in [0, 0.1) is 5.82 Å². The third-order valence-electron chi connectivity index (χ3n) is 3.56. The molecule has 1 aromatic heterocycles. The molecule has 2 N–H and O–H groups in total. The van der Waals surface area contributed by atoms with Gasteiger partial charge in [-0.15, -0.1) is 0 Å². The monoisotopic (exact) mass is 275 g/mol. The van der Waals surface area contributed by atoms with Crippen molar-refractivity contribution in [1.82, 2.24) is 10.3 Å². The van der Waals surface area contributed by atoms with Gasteiger partial charge in [0, 0.05) is 30.1 Å². The maximum atomic E-state index is 14.0. The fraction of sp³-hybridized carbons (Fsp3) is 0.286. The first kappa shape index (κ1) is 12.7. The van der Waals surface area contributed by atoms with E-state index in [0.717, 1.165) is 5.56 Å². The van der Waals surface area contributed by atoms with E-state index < -0.39 is 6.10 Å². The van der Waals surface area contributed by atoms with Crippen LogP contribution in [0.1, 0.15) is 18.4 Å². The number of amidine groups is 1. The van der Waals surface area contributed by atoms with Crippen molar-refractivity contribution in [1.29, 1.82) is 0 Å². The highest BCUT2D eigenvalue weighted by Gasteiger charge is 2.37. The Labute approximate surface area is 114 Å². The van der Waals surface area contributed by atoms with E-state index in [9.17, 15) is 9.18 Å². The molecule has 0 saturated carbocycles. The maximum absolute atomic E-state index is 14.0. The van der Waals surface area contributed by atoms with Crippen molar-refractivity contribution in [3.05, 3.63) is 35.8 Å². The van der Waals surface area contributed by atoms with Gasteiger partial charge in [0.1, 0.15) is 5.82 Å². The van der Waals surface area contributed by atoms with E-state index in [2.05, 4.69) is 15.3 Å². The van der Waals surface area contributed by atoms with Gasteiger partial charge in [-0.25, -0.2) is 9.38 Å². The number of benzene rings is 1. The zero-order chi connectivity index (χ0) is 14.3. The molecule has 2 unspecified atom stereocenters. The Morgan fingerprint density at radius 2 is 2.25 bits per heavy atom. The molecule has 1 aromatic carbocycles. The lowest BCUT2D eigenvalue weighted by atomic mass is 9.94. The summed E-state index contributed by atoms with van der Waals surface area (Å²) >= 11 is 0. The van der Waals surface area contributed by atoms with E-state index in [1.807, 2.05) is 6.92 Å². The normalized spacial score (nSPS) is 22.1. The molecule has 0 radical (unpaired) electrons. The smallest absolute Gasteiger partial charge is 0.292 e. The van der Waals surface area contributed by atoms with Crippen molar-refractivity contribution in [3.8, 4) is 0 Å². The van der Waals surface area contributed by atoms with Gasteiger partial charge >= 0.3 is 0 Å². The second-order valence-electron chi connectivity index (χ2n) is 4.75. The molecule has 3 rings (SSSR count). The highest BCUT2D eigenvalue weighted by atomic mass is 19.1. The van der Waals surface area contributed by atoms with Crippen molar-refractivity contribution in [3.63, 3.8) is 0 Å². The Morgan fingerprint density at radius 3 is 2.95 bits per heavy atom. The fourth-order valence-electron chi connectivity index (χ4n) is 2.51. The molecular weight excluding hydrogens is 261 g/mol. The topological polar surface area (TPSA) is 66.5 Å². The minimum absolute atomic E-state index is 0.201. The maximum Gasteiger partial charge on any atom is 0.292 e. The Hall–Kier alpha value is -2.37. The van der Waals surface area contributed by atoms with Crippen LogP contribution in [0.2, 0.25) is 0 Å². The Morgan fingerprint density at radius 1 is 1.45 bits per heavy atom. The van der Waals surface area contributed by atoms with Gasteiger partial charge in [-0.1, -0.05) is 13.0 Å². The summed E-state index contributed by atoms with van der Waals surface area (Å²) in [5.41, 5.74) is 1.42. The number of aliphatic imine (C=N–C) groups is 1. The second-order valence-corrected chi connectivity index (χ2v) is 4.75. The third-order valence-corrected chi connectivity index (χ3v) is 3.56. The minimum atomic E-state index is -0.702. The summed E-state index contributed by atoms with van der Waals surface area (Å²) in [4.78, 5) is 18.7. The number of aromatic amines is 1. The van der Waals surface area contributed by atoms with Gasteiger partial charge in [-0.2, -0.15) is 0 Å². The highest BCUT2D eigenvalue weighted by molar-refractivity contribution is 6.02. The number of nitrogens with one attached hydrogen (secondary N) is 2. The van der Waals surface area contributed by atoms with E-state index in [1.165, 1.54) is 13.1 Å². The lowest BCUT2D eigenvalue weighted by Gasteiger charge is -2.15. The van der Waals surface area contributed by atoms with E-state index in [4.69, 9.17) is 4.74 Å². The van der Waals surface area contributed by atoms with Crippen molar-refractivity contribution in [2.24, 2.45) is 4.99 Å².